The SMILES string of the molecule is CC(=O)OC[C@H]1O[C@@H](SSc2ncccn2)[C@H](OC(C)=O)[C@@H](OC(C)=O)[C@@H]1OC(C)=O. The van der Waals surface area contributed by atoms with Crippen molar-refractivity contribution in [3.05, 3.63) is 18.5 Å². The number of carbonyl (C=O) groups is 4. The first kappa shape index (κ1) is 24.9. The van der Waals surface area contributed by atoms with Crippen molar-refractivity contribution in [3.63, 3.8) is 0 Å². The molecular weight excluding hydrogens is 452 g/mol. The van der Waals surface area contributed by atoms with Gasteiger partial charge in [-0.1, -0.05) is 0 Å². The van der Waals surface area contributed by atoms with E-state index in [9.17, 15) is 19.2 Å². The molecule has 1 aliphatic rings. The second-order valence-corrected chi connectivity index (χ2v) is 8.54. The van der Waals surface area contributed by atoms with Gasteiger partial charge in [0, 0.05) is 40.1 Å². The summed E-state index contributed by atoms with van der Waals surface area (Å²) >= 11 is 0. The summed E-state index contributed by atoms with van der Waals surface area (Å²) in [6.45, 7) is 4.45. The molecule has 0 aliphatic carbocycles. The number of hydrogen-bond acceptors (Lipinski definition) is 13. The lowest BCUT2D eigenvalue weighted by Gasteiger charge is -2.43. The number of rotatable bonds is 8. The fraction of sp³-hybridized carbons (Fsp3) is 0.556. The summed E-state index contributed by atoms with van der Waals surface area (Å²) in [4.78, 5) is 54.7. The highest BCUT2D eigenvalue weighted by molar-refractivity contribution is 8.76. The van der Waals surface area contributed by atoms with Crippen molar-refractivity contribution in [3.8, 4) is 0 Å². The molecule has 0 aromatic carbocycles. The van der Waals surface area contributed by atoms with Crippen LogP contribution in [-0.4, -0.2) is 70.3 Å². The van der Waals surface area contributed by atoms with Gasteiger partial charge in [0.05, 0.1) is 0 Å². The van der Waals surface area contributed by atoms with Gasteiger partial charge in [-0.2, -0.15) is 0 Å². The van der Waals surface area contributed by atoms with E-state index >= 15 is 0 Å². The lowest BCUT2D eigenvalue weighted by molar-refractivity contribution is -0.237. The molecule has 11 nitrogen and oxygen atoms in total. The Morgan fingerprint density at radius 1 is 0.871 bits per heavy atom. The first-order valence-corrected chi connectivity index (χ1v) is 11.3. The maximum absolute atomic E-state index is 11.8. The van der Waals surface area contributed by atoms with E-state index in [-0.39, 0.29) is 6.61 Å². The molecule has 1 saturated heterocycles. The van der Waals surface area contributed by atoms with Gasteiger partial charge in [-0.15, -0.1) is 0 Å². The smallest absolute Gasteiger partial charge is 0.303 e. The lowest BCUT2D eigenvalue weighted by atomic mass is 9.99. The average molecular weight is 475 g/mol. The quantitative estimate of drug-likeness (QED) is 0.231. The van der Waals surface area contributed by atoms with Crippen LogP contribution < -0.4 is 0 Å². The summed E-state index contributed by atoms with van der Waals surface area (Å²) in [7, 11) is 2.25. The van der Waals surface area contributed by atoms with E-state index in [1.54, 1.807) is 18.5 Å². The van der Waals surface area contributed by atoms with Crippen molar-refractivity contribution in [1.29, 1.82) is 0 Å². The Balaban J connectivity index is 2.35. The third kappa shape index (κ3) is 7.99. The van der Waals surface area contributed by atoms with E-state index in [0.717, 1.165) is 28.5 Å². The largest absolute Gasteiger partial charge is 0.463 e. The molecule has 2 heterocycles. The number of carbonyl (C=O) groups excluding carboxylic acids is 4. The van der Waals surface area contributed by atoms with Crippen LogP contribution in [0, 0.1) is 0 Å². The zero-order valence-electron chi connectivity index (χ0n) is 17.2. The number of ether oxygens (including phenoxy) is 5. The molecule has 0 N–H and O–H groups in total. The Hall–Kier alpha value is -2.38. The normalized spacial score (nSPS) is 25.2. The van der Waals surface area contributed by atoms with Crippen LogP contribution in [0.3, 0.4) is 0 Å². The summed E-state index contributed by atoms with van der Waals surface area (Å²) in [6, 6.07) is 1.66. The first-order valence-electron chi connectivity index (χ1n) is 9.08. The van der Waals surface area contributed by atoms with E-state index in [4.69, 9.17) is 23.7 Å². The second kappa shape index (κ2) is 11.9. The van der Waals surface area contributed by atoms with Gasteiger partial charge < -0.3 is 23.7 Å². The van der Waals surface area contributed by atoms with E-state index in [1.807, 2.05) is 0 Å². The summed E-state index contributed by atoms with van der Waals surface area (Å²) in [5, 5.41) is 0.417. The fourth-order valence-electron chi connectivity index (χ4n) is 2.69. The Morgan fingerprint density at radius 3 is 1.97 bits per heavy atom. The molecule has 1 aliphatic heterocycles. The maximum Gasteiger partial charge on any atom is 0.303 e. The molecule has 0 unspecified atom stereocenters. The number of esters is 4. The highest BCUT2D eigenvalue weighted by atomic mass is 33.1. The lowest BCUT2D eigenvalue weighted by Crippen LogP contribution is -2.61. The zero-order valence-corrected chi connectivity index (χ0v) is 18.8. The van der Waals surface area contributed by atoms with Crippen LogP contribution in [0.15, 0.2) is 23.6 Å². The van der Waals surface area contributed by atoms with Crippen LogP contribution in [0.4, 0.5) is 0 Å². The van der Waals surface area contributed by atoms with Crippen molar-refractivity contribution < 1.29 is 42.9 Å². The fourth-order valence-corrected chi connectivity index (χ4v) is 4.85. The first-order chi connectivity index (χ1) is 14.7. The monoisotopic (exact) mass is 474 g/mol. The molecule has 31 heavy (non-hydrogen) atoms. The van der Waals surface area contributed by atoms with E-state index in [1.165, 1.54) is 20.8 Å². The third-order valence-corrected chi connectivity index (χ3v) is 6.04. The zero-order chi connectivity index (χ0) is 23.0. The molecule has 0 bridgehead atoms. The molecule has 5 atom stereocenters. The highest BCUT2D eigenvalue weighted by Crippen LogP contribution is 2.41. The summed E-state index contributed by atoms with van der Waals surface area (Å²) < 4.78 is 27.0. The van der Waals surface area contributed by atoms with Gasteiger partial charge in [-0.05, 0) is 27.7 Å². The molecule has 1 aromatic heterocycles. The predicted octanol–water partition coefficient (Wildman–Crippen LogP) is 1.30. The topological polar surface area (TPSA) is 140 Å². The number of aromatic nitrogens is 2. The minimum atomic E-state index is -1.20. The van der Waals surface area contributed by atoms with E-state index < -0.39 is 53.7 Å². The molecule has 0 saturated carbocycles. The summed E-state index contributed by atoms with van der Waals surface area (Å²) in [5.41, 5.74) is -0.894. The Morgan fingerprint density at radius 2 is 1.42 bits per heavy atom. The maximum atomic E-state index is 11.8. The van der Waals surface area contributed by atoms with Crippen molar-refractivity contribution in [2.45, 2.75) is 62.7 Å². The average Bonchev–Trinajstić information content (AvgIpc) is 2.68. The third-order valence-electron chi connectivity index (χ3n) is 3.71. The second-order valence-electron chi connectivity index (χ2n) is 6.28. The molecule has 0 radical (unpaired) electrons. The summed E-state index contributed by atoms with van der Waals surface area (Å²) in [6.07, 6.45) is -1.37. The molecule has 1 aromatic rings. The van der Waals surface area contributed by atoms with Gasteiger partial charge in [0.2, 0.25) is 0 Å². The molecule has 170 valence electrons. The Labute approximate surface area is 186 Å². The van der Waals surface area contributed by atoms with Gasteiger partial charge in [0.1, 0.15) is 12.7 Å². The van der Waals surface area contributed by atoms with Crippen molar-refractivity contribution in [1.82, 2.24) is 9.97 Å². The summed E-state index contributed by atoms with van der Waals surface area (Å²) in [5.74, 6) is -2.60. The Kier molecular flexibility index (Phi) is 9.52. The predicted molar refractivity (Wildman–Crippen MR) is 107 cm³/mol. The van der Waals surface area contributed by atoms with Crippen molar-refractivity contribution in [2.75, 3.05) is 6.61 Å². The van der Waals surface area contributed by atoms with Gasteiger partial charge in [0.25, 0.3) is 0 Å². The number of nitrogens with zero attached hydrogens (tertiary/aromatic N) is 2. The van der Waals surface area contributed by atoms with Gasteiger partial charge in [0.15, 0.2) is 28.9 Å². The highest BCUT2D eigenvalue weighted by Gasteiger charge is 2.52. The van der Waals surface area contributed by atoms with E-state index in [0.29, 0.717) is 5.16 Å². The Bertz CT molecular complexity index is 795. The van der Waals surface area contributed by atoms with Crippen molar-refractivity contribution in [2.24, 2.45) is 0 Å². The van der Waals surface area contributed by atoms with Crippen LogP contribution in [0.25, 0.3) is 0 Å². The van der Waals surface area contributed by atoms with Crippen LogP contribution in [0.1, 0.15) is 27.7 Å². The van der Waals surface area contributed by atoms with Crippen LogP contribution in [-0.2, 0) is 42.9 Å². The van der Waals surface area contributed by atoms with Gasteiger partial charge >= 0.3 is 23.9 Å². The van der Waals surface area contributed by atoms with Gasteiger partial charge in [-0.25, -0.2) is 9.97 Å². The van der Waals surface area contributed by atoms with Gasteiger partial charge in [-0.3, -0.25) is 19.2 Å². The van der Waals surface area contributed by atoms with Crippen LogP contribution >= 0.6 is 21.6 Å². The number of hydrogen-bond donors (Lipinski definition) is 0. The molecule has 1 fully saturated rings. The minimum Gasteiger partial charge on any atom is -0.463 e. The minimum absolute atomic E-state index is 0.276. The van der Waals surface area contributed by atoms with Crippen LogP contribution in [0.2, 0.25) is 0 Å². The van der Waals surface area contributed by atoms with E-state index in [2.05, 4.69) is 9.97 Å². The van der Waals surface area contributed by atoms with Crippen molar-refractivity contribution >= 4 is 45.5 Å². The molecular formula is C18H22N2O9S2. The van der Waals surface area contributed by atoms with Crippen LogP contribution in [0.5, 0.6) is 0 Å². The molecule has 13 heteroatoms. The molecule has 0 spiro atoms. The molecule has 2 rings (SSSR count). The molecule has 0 amide bonds. The standard InChI is InChI=1S/C18H22N2O9S2/c1-9(21)25-8-13-14(26-10(2)22)15(27-11(3)23)16(28-12(4)24)17(29-13)30-31-18-19-6-5-7-20-18/h5-7,13-17H,8H2,1-4H3/t13-,14-,15+,16-,17+/m1/s1.